The number of aromatic carboxylic acids is 1. The zero-order chi connectivity index (χ0) is 29.7. The van der Waals surface area contributed by atoms with Gasteiger partial charge in [-0.05, 0) is 77.8 Å². The molecule has 0 fully saturated rings. The number of para-hydroxylation sites is 1. The topological polar surface area (TPSA) is 108 Å². The third kappa shape index (κ3) is 8.94. The molecule has 4 aromatic carbocycles. The number of ether oxygens (including phenoxy) is 1. The fourth-order valence-corrected chi connectivity index (χ4v) is 4.72. The van der Waals surface area contributed by atoms with E-state index in [1.165, 1.54) is 0 Å². The normalized spacial score (nSPS) is 11.6. The zero-order valence-corrected chi connectivity index (χ0v) is 23.3. The van der Waals surface area contributed by atoms with Gasteiger partial charge in [-0.25, -0.2) is 4.79 Å². The summed E-state index contributed by atoms with van der Waals surface area (Å²) >= 11 is 0. The smallest absolute Gasteiger partial charge is 0.335 e. The van der Waals surface area contributed by atoms with Crippen LogP contribution < -0.4 is 4.74 Å². The average molecular weight is 560 g/mol. The number of carboxylic acid groups (broad SMARTS) is 2. The summed E-state index contributed by atoms with van der Waals surface area (Å²) in [6.45, 7) is 0.410. The predicted octanol–water partition coefficient (Wildman–Crippen LogP) is 8.02. The SMILES string of the molecule is N#Cc1ccc(-c2ccc(COc3ccccc3/C=C/C(CCCCC(=O)O)Cc3ccc(C(=O)O)cc3)cc2)cc1. The second kappa shape index (κ2) is 15.0. The summed E-state index contributed by atoms with van der Waals surface area (Å²) in [6.07, 6.45) is 7.27. The highest BCUT2D eigenvalue weighted by Gasteiger charge is 2.10. The second-order valence-electron chi connectivity index (χ2n) is 10.2. The lowest BCUT2D eigenvalue weighted by Gasteiger charge is -2.14. The fraction of sp³-hybridized carbons (Fsp3) is 0.194. The number of nitrogens with zero attached hydrogens (tertiary/aromatic N) is 1. The first kappa shape index (κ1) is 29.8. The Morgan fingerprint density at radius 3 is 2.10 bits per heavy atom. The van der Waals surface area contributed by atoms with E-state index in [1.807, 2.05) is 84.9 Å². The van der Waals surface area contributed by atoms with Crippen molar-refractivity contribution in [2.75, 3.05) is 0 Å². The van der Waals surface area contributed by atoms with Crippen LogP contribution in [0.2, 0.25) is 0 Å². The molecule has 4 rings (SSSR count). The van der Waals surface area contributed by atoms with Gasteiger partial charge in [-0.15, -0.1) is 0 Å². The van der Waals surface area contributed by atoms with Crippen LogP contribution in [0.4, 0.5) is 0 Å². The van der Waals surface area contributed by atoms with Gasteiger partial charge in [0.05, 0.1) is 17.2 Å². The Balaban J connectivity index is 1.42. The monoisotopic (exact) mass is 559 g/mol. The van der Waals surface area contributed by atoms with E-state index in [-0.39, 0.29) is 17.9 Å². The standard InChI is InChI=1S/C36H33NO5/c37-24-28-12-16-30(17-13-28)31-18-14-29(15-19-31)25-42-34-7-3-2-6-32(34)20-9-26(5-1-4-8-35(38)39)23-27-10-21-33(22-11-27)36(40)41/h2-3,6-7,9-22,26H,1,4-5,8,23,25H2,(H,38,39)(H,40,41)/b20-9+. The van der Waals surface area contributed by atoms with E-state index in [0.717, 1.165) is 52.8 Å². The fourth-order valence-electron chi connectivity index (χ4n) is 4.72. The molecule has 212 valence electrons. The third-order valence-electron chi connectivity index (χ3n) is 7.08. The van der Waals surface area contributed by atoms with Crippen LogP contribution in [0.1, 0.15) is 58.3 Å². The maximum absolute atomic E-state index is 11.2. The van der Waals surface area contributed by atoms with E-state index >= 15 is 0 Å². The summed E-state index contributed by atoms with van der Waals surface area (Å²) in [5.41, 5.74) is 6.01. The largest absolute Gasteiger partial charge is 0.488 e. The zero-order valence-electron chi connectivity index (χ0n) is 23.3. The number of hydrogen-bond acceptors (Lipinski definition) is 4. The van der Waals surface area contributed by atoms with Crippen molar-refractivity contribution in [1.29, 1.82) is 5.26 Å². The Bertz CT molecular complexity index is 1550. The van der Waals surface area contributed by atoms with Crippen molar-refractivity contribution in [1.82, 2.24) is 0 Å². The molecule has 0 aliphatic carbocycles. The molecule has 0 radical (unpaired) electrons. The molecule has 0 aliphatic rings. The number of nitriles is 1. The van der Waals surface area contributed by atoms with E-state index in [4.69, 9.17) is 15.1 Å². The van der Waals surface area contributed by atoms with Crippen molar-refractivity contribution in [2.45, 2.75) is 38.7 Å². The van der Waals surface area contributed by atoms with Gasteiger partial charge >= 0.3 is 11.9 Å². The van der Waals surface area contributed by atoms with Gasteiger partial charge in [-0.3, -0.25) is 4.79 Å². The quantitative estimate of drug-likeness (QED) is 0.152. The van der Waals surface area contributed by atoms with Crippen molar-refractivity contribution in [3.63, 3.8) is 0 Å². The van der Waals surface area contributed by atoms with Crippen LogP contribution in [-0.4, -0.2) is 22.2 Å². The molecule has 6 heteroatoms. The number of aliphatic carboxylic acids is 1. The maximum atomic E-state index is 11.2. The van der Waals surface area contributed by atoms with Crippen LogP contribution in [0.3, 0.4) is 0 Å². The molecule has 42 heavy (non-hydrogen) atoms. The van der Waals surface area contributed by atoms with E-state index in [2.05, 4.69) is 18.2 Å². The van der Waals surface area contributed by atoms with Gasteiger partial charge in [-0.2, -0.15) is 5.26 Å². The highest BCUT2D eigenvalue weighted by atomic mass is 16.5. The van der Waals surface area contributed by atoms with Gasteiger partial charge in [0.1, 0.15) is 12.4 Å². The minimum atomic E-state index is -0.953. The van der Waals surface area contributed by atoms with Crippen LogP contribution in [0.5, 0.6) is 5.75 Å². The molecule has 1 atom stereocenters. The van der Waals surface area contributed by atoms with Crippen LogP contribution in [0, 0.1) is 17.2 Å². The third-order valence-corrected chi connectivity index (χ3v) is 7.08. The first-order valence-electron chi connectivity index (χ1n) is 13.9. The maximum Gasteiger partial charge on any atom is 0.335 e. The lowest BCUT2D eigenvalue weighted by molar-refractivity contribution is -0.137. The number of hydrogen-bond donors (Lipinski definition) is 2. The van der Waals surface area contributed by atoms with Crippen molar-refractivity contribution in [3.05, 3.63) is 131 Å². The minimum absolute atomic E-state index is 0.148. The molecule has 0 saturated carbocycles. The van der Waals surface area contributed by atoms with Crippen LogP contribution in [0.25, 0.3) is 17.2 Å². The molecule has 0 spiro atoms. The number of carboxylic acids is 2. The number of rotatable bonds is 14. The Hall–Kier alpha value is -5.15. The lowest BCUT2D eigenvalue weighted by atomic mass is 9.92. The highest BCUT2D eigenvalue weighted by Crippen LogP contribution is 2.25. The van der Waals surface area contributed by atoms with Gasteiger partial charge in [0, 0.05) is 12.0 Å². The first-order chi connectivity index (χ1) is 20.4. The van der Waals surface area contributed by atoms with Crippen molar-refractivity contribution >= 4 is 18.0 Å². The molecule has 0 heterocycles. The number of carbonyl (C=O) groups is 2. The summed E-state index contributed by atoms with van der Waals surface area (Å²) in [6, 6.07) is 32.6. The van der Waals surface area contributed by atoms with Crippen LogP contribution in [0.15, 0.2) is 103 Å². The Morgan fingerprint density at radius 2 is 1.45 bits per heavy atom. The van der Waals surface area contributed by atoms with E-state index in [0.29, 0.717) is 18.6 Å². The molecule has 0 amide bonds. The molecule has 6 nitrogen and oxygen atoms in total. The van der Waals surface area contributed by atoms with Crippen LogP contribution in [-0.2, 0) is 17.8 Å². The molecular weight excluding hydrogens is 526 g/mol. The van der Waals surface area contributed by atoms with Gasteiger partial charge in [0.25, 0.3) is 0 Å². The van der Waals surface area contributed by atoms with Crippen molar-refractivity contribution in [2.24, 2.45) is 5.92 Å². The van der Waals surface area contributed by atoms with Gasteiger partial charge < -0.3 is 14.9 Å². The van der Waals surface area contributed by atoms with Crippen molar-refractivity contribution in [3.8, 4) is 22.9 Å². The highest BCUT2D eigenvalue weighted by molar-refractivity contribution is 5.87. The van der Waals surface area contributed by atoms with Crippen LogP contribution >= 0.6 is 0 Å². The summed E-state index contributed by atoms with van der Waals surface area (Å²) in [7, 11) is 0. The second-order valence-corrected chi connectivity index (χ2v) is 10.2. The minimum Gasteiger partial charge on any atom is -0.488 e. The van der Waals surface area contributed by atoms with E-state index in [9.17, 15) is 14.7 Å². The number of benzene rings is 4. The van der Waals surface area contributed by atoms with Gasteiger partial charge in [0.15, 0.2) is 0 Å². The first-order valence-corrected chi connectivity index (χ1v) is 13.9. The molecule has 1 unspecified atom stereocenters. The van der Waals surface area contributed by atoms with Crippen molar-refractivity contribution < 1.29 is 24.5 Å². The van der Waals surface area contributed by atoms with E-state index < -0.39 is 11.9 Å². The molecule has 0 saturated heterocycles. The Kier molecular flexibility index (Phi) is 10.7. The van der Waals surface area contributed by atoms with Gasteiger partial charge in [0.2, 0.25) is 0 Å². The van der Waals surface area contributed by atoms with E-state index in [1.54, 1.807) is 12.1 Å². The Morgan fingerprint density at radius 1 is 0.810 bits per heavy atom. The number of allylic oxidation sites excluding steroid dienone is 1. The average Bonchev–Trinajstić information content (AvgIpc) is 3.01. The molecule has 4 aromatic rings. The number of unbranched alkanes of at least 4 members (excludes halogenated alkanes) is 1. The summed E-state index contributed by atoms with van der Waals surface area (Å²) in [5.74, 6) is -0.829. The molecule has 2 N–H and O–H groups in total. The summed E-state index contributed by atoms with van der Waals surface area (Å²) < 4.78 is 6.20. The summed E-state index contributed by atoms with van der Waals surface area (Å²) in [4.78, 5) is 22.2. The van der Waals surface area contributed by atoms with Gasteiger partial charge in [-0.1, -0.05) is 85.3 Å². The lowest BCUT2D eigenvalue weighted by Crippen LogP contribution is -2.04. The molecule has 0 aromatic heterocycles. The summed E-state index contributed by atoms with van der Waals surface area (Å²) in [5, 5.41) is 27.2. The molecular formula is C36H33NO5. The molecule has 0 aliphatic heterocycles. The molecule has 0 bridgehead atoms. The Labute approximate surface area is 246 Å². The predicted molar refractivity (Wildman–Crippen MR) is 163 cm³/mol.